The molecule has 0 aliphatic rings. The topological polar surface area (TPSA) is 0 Å². The summed E-state index contributed by atoms with van der Waals surface area (Å²) in [5.41, 5.74) is 11.6. The van der Waals surface area contributed by atoms with Crippen molar-refractivity contribution in [3.05, 3.63) is 235 Å². The third-order valence-electron chi connectivity index (χ3n) is 9.88. The third-order valence-corrected chi connectivity index (χ3v) is 14.3. The van der Waals surface area contributed by atoms with Gasteiger partial charge in [-0.15, -0.1) is 0 Å². The summed E-state index contributed by atoms with van der Waals surface area (Å²) in [7, 11) is -2.37. The number of benzene rings is 8. The van der Waals surface area contributed by atoms with Crippen LogP contribution in [-0.2, 0) is 12.6 Å². The fourth-order valence-corrected chi connectivity index (χ4v) is 12.1. The van der Waals surface area contributed by atoms with Gasteiger partial charge in [-0.25, -0.2) is 0 Å². The Labute approximate surface area is 303 Å². The molecule has 0 aromatic heterocycles. The third kappa shape index (κ3) is 6.60. The van der Waals surface area contributed by atoms with Gasteiger partial charge in [-0.3, -0.25) is 0 Å². The van der Waals surface area contributed by atoms with Crippen LogP contribution in [0.4, 0.5) is 0 Å². The summed E-state index contributed by atoms with van der Waals surface area (Å²) < 4.78 is 0. The SMILES string of the molecule is c1ccc(Cc2cc([P+](Cc3ccccc3)(c3ccccc3)c3ccccc3)c(-c3ccccc3)c(-c3ccccc3)c2-c2ccccc2)cc1. The van der Waals surface area contributed by atoms with E-state index in [2.05, 4.69) is 218 Å². The summed E-state index contributed by atoms with van der Waals surface area (Å²) >= 11 is 0. The van der Waals surface area contributed by atoms with Crippen molar-refractivity contribution in [2.45, 2.75) is 12.6 Å². The van der Waals surface area contributed by atoms with Crippen molar-refractivity contribution >= 4 is 23.2 Å². The average Bonchev–Trinajstić information content (AvgIpc) is 3.22. The predicted octanol–water partition coefficient (Wildman–Crippen LogP) is 11.8. The van der Waals surface area contributed by atoms with Gasteiger partial charge in [-0.2, -0.15) is 0 Å². The maximum atomic E-state index is 2.61. The molecule has 244 valence electrons. The van der Waals surface area contributed by atoms with E-state index >= 15 is 0 Å². The van der Waals surface area contributed by atoms with Crippen LogP contribution >= 0.6 is 7.26 Å². The lowest BCUT2D eigenvalue weighted by Gasteiger charge is -2.32. The molecule has 0 aliphatic heterocycles. The molecule has 0 N–H and O–H groups in total. The van der Waals surface area contributed by atoms with Gasteiger partial charge < -0.3 is 0 Å². The molecule has 8 rings (SSSR count). The van der Waals surface area contributed by atoms with Gasteiger partial charge in [-0.05, 0) is 75.7 Å². The Morgan fingerprint density at radius 1 is 0.314 bits per heavy atom. The number of hydrogen-bond donors (Lipinski definition) is 0. The summed E-state index contributed by atoms with van der Waals surface area (Å²) in [6.45, 7) is 0. The second kappa shape index (κ2) is 15.0. The fourth-order valence-electron chi connectivity index (χ4n) is 7.62. The maximum Gasteiger partial charge on any atom is 0.117 e. The lowest BCUT2D eigenvalue weighted by atomic mass is 9.83. The van der Waals surface area contributed by atoms with Gasteiger partial charge in [0, 0.05) is 11.1 Å². The van der Waals surface area contributed by atoms with Crippen LogP contribution in [0.3, 0.4) is 0 Å². The molecule has 0 atom stereocenters. The van der Waals surface area contributed by atoms with Crippen molar-refractivity contribution < 1.29 is 0 Å². The Morgan fingerprint density at radius 3 is 1.12 bits per heavy atom. The van der Waals surface area contributed by atoms with Gasteiger partial charge in [0.25, 0.3) is 0 Å². The molecular formula is C50H40P+. The molecule has 8 aromatic carbocycles. The highest BCUT2D eigenvalue weighted by molar-refractivity contribution is 7.95. The van der Waals surface area contributed by atoms with Crippen LogP contribution < -0.4 is 15.9 Å². The minimum Gasteiger partial charge on any atom is -0.0622 e. The molecule has 0 spiro atoms. The number of rotatable bonds is 10. The van der Waals surface area contributed by atoms with Crippen LogP contribution in [0.1, 0.15) is 16.7 Å². The lowest BCUT2D eigenvalue weighted by molar-refractivity contribution is 1.20. The smallest absolute Gasteiger partial charge is 0.0622 e. The number of hydrogen-bond acceptors (Lipinski definition) is 0. The molecule has 0 bridgehead atoms. The zero-order valence-corrected chi connectivity index (χ0v) is 29.5. The Bertz CT molecular complexity index is 2260. The van der Waals surface area contributed by atoms with E-state index < -0.39 is 7.26 Å². The normalized spacial score (nSPS) is 11.3. The first-order chi connectivity index (χ1) is 25.3. The minimum absolute atomic E-state index is 0.821. The standard InChI is InChI=1S/C50H40P/c1-8-22-39(23-9-1)36-44-37-47(51(45-32-18-6-19-33-45,46-34-20-7-21-35-46)38-40-24-10-2-11-25-40)49(42-28-14-4-15-29-42)50(43-30-16-5-17-31-43)48(44)41-26-12-3-13-27-41/h1-35,37H,36,38H2/q+1. The van der Waals surface area contributed by atoms with E-state index in [1.807, 2.05) is 0 Å². The largest absolute Gasteiger partial charge is 0.117 e. The molecular weight excluding hydrogens is 632 g/mol. The van der Waals surface area contributed by atoms with Gasteiger partial charge in [0.05, 0.1) is 6.16 Å². The molecule has 51 heavy (non-hydrogen) atoms. The summed E-state index contributed by atoms with van der Waals surface area (Å²) in [6.07, 6.45) is 1.73. The Kier molecular flexibility index (Phi) is 9.51. The Hall–Kier alpha value is -5.81. The first-order valence-electron chi connectivity index (χ1n) is 17.7. The summed E-state index contributed by atoms with van der Waals surface area (Å²) in [5.74, 6) is 0. The van der Waals surface area contributed by atoms with Crippen LogP contribution in [0.25, 0.3) is 33.4 Å². The summed E-state index contributed by atoms with van der Waals surface area (Å²) in [5, 5.41) is 4.18. The molecule has 0 heterocycles. The molecule has 0 saturated carbocycles. The molecule has 0 fully saturated rings. The van der Waals surface area contributed by atoms with Crippen molar-refractivity contribution in [1.29, 1.82) is 0 Å². The van der Waals surface area contributed by atoms with Gasteiger partial charge in [0.2, 0.25) is 0 Å². The van der Waals surface area contributed by atoms with Gasteiger partial charge in [0.1, 0.15) is 23.2 Å². The van der Waals surface area contributed by atoms with Crippen molar-refractivity contribution in [3.63, 3.8) is 0 Å². The Morgan fingerprint density at radius 2 is 0.667 bits per heavy atom. The molecule has 1 heteroatoms. The van der Waals surface area contributed by atoms with E-state index in [0.717, 1.165) is 12.6 Å². The van der Waals surface area contributed by atoms with Gasteiger partial charge in [-0.1, -0.05) is 188 Å². The van der Waals surface area contributed by atoms with Gasteiger partial charge in [0.15, 0.2) is 0 Å². The van der Waals surface area contributed by atoms with E-state index in [1.165, 1.54) is 66.0 Å². The van der Waals surface area contributed by atoms with E-state index in [1.54, 1.807) is 0 Å². The molecule has 0 aliphatic carbocycles. The first-order valence-corrected chi connectivity index (χ1v) is 19.7. The van der Waals surface area contributed by atoms with Crippen LogP contribution in [0.15, 0.2) is 218 Å². The lowest BCUT2D eigenvalue weighted by Crippen LogP contribution is -2.34. The average molecular weight is 672 g/mol. The van der Waals surface area contributed by atoms with Crippen LogP contribution in [-0.4, -0.2) is 0 Å². The molecule has 0 unspecified atom stereocenters. The monoisotopic (exact) mass is 671 g/mol. The minimum atomic E-state index is -2.37. The van der Waals surface area contributed by atoms with E-state index in [9.17, 15) is 0 Å². The highest BCUT2D eigenvalue weighted by atomic mass is 31.2. The van der Waals surface area contributed by atoms with Crippen molar-refractivity contribution in [1.82, 2.24) is 0 Å². The molecule has 0 radical (unpaired) electrons. The zero-order chi connectivity index (χ0) is 34.3. The highest BCUT2D eigenvalue weighted by Gasteiger charge is 2.48. The summed E-state index contributed by atoms with van der Waals surface area (Å²) in [4.78, 5) is 0. The molecule has 0 nitrogen and oxygen atoms in total. The molecule has 0 amide bonds. The second-order valence-corrected chi connectivity index (χ2v) is 16.5. The molecule has 0 saturated heterocycles. The van der Waals surface area contributed by atoms with Crippen molar-refractivity contribution in [2.24, 2.45) is 0 Å². The van der Waals surface area contributed by atoms with Crippen LogP contribution in [0.5, 0.6) is 0 Å². The summed E-state index contributed by atoms with van der Waals surface area (Å²) in [6, 6.07) is 80.7. The quantitative estimate of drug-likeness (QED) is 0.127. The maximum absolute atomic E-state index is 2.61. The first kappa shape index (κ1) is 32.4. The van der Waals surface area contributed by atoms with Crippen molar-refractivity contribution in [2.75, 3.05) is 0 Å². The van der Waals surface area contributed by atoms with Crippen LogP contribution in [0.2, 0.25) is 0 Å². The van der Waals surface area contributed by atoms with Crippen LogP contribution in [0, 0.1) is 0 Å². The predicted molar refractivity (Wildman–Crippen MR) is 221 cm³/mol. The second-order valence-electron chi connectivity index (χ2n) is 13.1. The van der Waals surface area contributed by atoms with E-state index in [-0.39, 0.29) is 0 Å². The zero-order valence-electron chi connectivity index (χ0n) is 28.6. The van der Waals surface area contributed by atoms with E-state index in [0.29, 0.717) is 0 Å². The molecule has 8 aromatic rings. The van der Waals surface area contributed by atoms with E-state index in [4.69, 9.17) is 0 Å². The van der Waals surface area contributed by atoms with Gasteiger partial charge >= 0.3 is 0 Å². The Balaban J connectivity index is 1.60. The highest BCUT2D eigenvalue weighted by Crippen LogP contribution is 2.61. The fraction of sp³-hybridized carbons (Fsp3) is 0.0400. The van der Waals surface area contributed by atoms with Crippen molar-refractivity contribution in [3.8, 4) is 33.4 Å².